The smallest absolute Gasteiger partial charge is 0.209 e. The van der Waals surface area contributed by atoms with Crippen LogP contribution in [0.3, 0.4) is 0 Å². The fourth-order valence-corrected chi connectivity index (χ4v) is 3.25. The Hall–Kier alpha value is -1.85. The summed E-state index contributed by atoms with van der Waals surface area (Å²) in [5.74, 6) is 3.32. The Balaban J connectivity index is 1.53. The summed E-state index contributed by atoms with van der Waals surface area (Å²) < 4.78 is 11.1. The number of likely N-dealkylation sites (tertiary alicyclic amines) is 1. The van der Waals surface area contributed by atoms with Gasteiger partial charge >= 0.3 is 0 Å². The maximum Gasteiger partial charge on any atom is 0.209 e. The first-order chi connectivity index (χ1) is 11.8. The van der Waals surface area contributed by atoms with Gasteiger partial charge in [0.25, 0.3) is 0 Å². The van der Waals surface area contributed by atoms with E-state index in [1.165, 1.54) is 19.3 Å². The molecule has 1 aliphatic heterocycles. The Morgan fingerprint density at radius 1 is 1.25 bits per heavy atom. The SMILES string of the molecule is CNCCC1CCN(Cc2ncc(-c3ccc(OC)cc3)o2)CC1. The van der Waals surface area contributed by atoms with E-state index in [1.54, 1.807) is 7.11 Å². The summed E-state index contributed by atoms with van der Waals surface area (Å²) in [5.41, 5.74) is 1.03. The third-order valence-electron chi connectivity index (χ3n) is 4.80. The summed E-state index contributed by atoms with van der Waals surface area (Å²) in [6, 6.07) is 7.87. The zero-order valence-electron chi connectivity index (χ0n) is 14.6. The van der Waals surface area contributed by atoms with Crippen LogP contribution in [0.1, 0.15) is 25.2 Å². The van der Waals surface area contributed by atoms with Crippen molar-refractivity contribution < 1.29 is 9.15 Å². The number of benzene rings is 1. The number of methoxy groups -OCH3 is 1. The first-order valence-electron chi connectivity index (χ1n) is 8.74. The van der Waals surface area contributed by atoms with Crippen molar-refractivity contribution in [3.05, 3.63) is 36.4 Å². The van der Waals surface area contributed by atoms with E-state index in [-0.39, 0.29) is 0 Å². The molecule has 5 heteroatoms. The van der Waals surface area contributed by atoms with Crippen LogP contribution in [0.15, 0.2) is 34.9 Å². The quantitative estimate of drug-likeness (QED) is 0.845. The van der Waals surface area contributed by atoms with Crippen molar-refractivity contribution in [1.29, 1.82) is 0 Å². The molecule has 0 spiro atoms. The zero-order chi connectivity index (χ0) is 16.8. The third-order valence-corrected chi connectivity index (χ3v) is 4.80. The van der Waals surface area contributed by atoms with Crippen LogP contribution in [-0.2, 0) is 6.54 Å². The Morgan fingerprint density at radius 3 is 2.67 bits per heavy atom. The van der Waals surface area contributed by atoms with Crippen LogP contribution >= 0.6 is 0 Å². The second-order valence-corrected chi connectivity index (χ2v) is 6.46. The molecule has 0 saturated carbocycles. The predicted octanol–water partition coefficient (Wildman–Crippen LogP) is 3.17. The lowest BCUT2D eigenvalue weighted by Crippen LogP contribution is -2.34. The van der Waals surface area contributed by atoms with E-state index >= 15 is 0 Å². The molecule has 1 aromatic heterocycles. The van der Waals surface area contributed by atoms with Crippen LogP contribution in [0.5, 0.6) is 5.75 Å². The molecule has 130 valence electrons. The standard InChI is InChI=1S/C19H27N3O2/c1-20-10-7-15-8-11-22(12-9-15)14-19-21-13-18(24-19)16-3-5-17(23-2)6-4-16/h3-6,13,15,20H,7-12,14H2,1-2H3. The minimum absolute atomic E-state index is 0.800. The van der Waals surface area contributed by atoms with E-state index < -0.39 is 0 Å². The monoisotopic (exact) mass is 329 g/mol. The predicted molar refractivity (Wildman–Crippen MR) is 95.0 cm³/mol. The lowest BCUT2D eigenvalue weighted by molar-refractivity contribution is 0.160. The van der Waals surface area contributed by atoms with Crippen LogP contribution in [0.4, 0.5) is 0 Å². The molecule has 0 radical (unpaired) electrons. The van der Waals surface area contributed by atoms with Gasteiger partial charge in [0.15, 0.2) is 5.76 Å². The normalized spacial score (nSPS) is 16.4. The number of piperidine rings is 1. The topological polar surface area (TPSA) is 50.5 Å². The van der Waals surface area contributed by atoms with Crippen LogP contribution in [0.25, 0.3) is 11.3 Å². The highest BCUT2D eigenvalue weighted by Gasteiger charge is 2.20. The fraction of sp³-hybridized carbons (Fsp3) is 0.526. The van der Waals surface area contributed by atoms with Gasteiger partial charge in [0.1, 0.15) is 5.75 Å². The number of nitrogens with zero attached hydrogens (tertiary/aromatic N) is 2. The van der Waals surface area contributed by atoms with Gasteiger partial charge in [-0.2, -0.15) is 0 Å². The van der Waals surface area contributed by atoms with Crippen LogP contribution < -0.4 is 10.1 Å². The summed E-state index contributed by atoms with van der Waals surface area (Å²) in [6.07, 6.45) is 5.64. The number of hydrogen-bond donors (Lipinski definition) is 1. The van der Waals surface area contributed by atoms with Gasteiger partial charge in [0.05, 0.1) is 19.9 Å². The first-order valence-corrected chi connectivity index (χ1v) is 8.74. The first kappa shape index (κ1) is 17.0. The molecule has 1 aliphatic rings. The second kappa shape index (κ2) is 8.31. The molecule has 0 atom stereocenters. The molecule has 0 amide bonds. The summed E-state index contributed by atoms with van der Waals surface area (Å²) in [7, 11) is 3.70. The Bertz CT molecular complexity index is 616. The van der Waals surface area contributed by atoms with Gasteiger partial charge in [0, 0.05) is 5.56 Å². The van der Waals surface area contributed by atoms with Gasteiger partial charge < -0.3 is 14.5 Å². The highest BCUT2D eigenvalue weighted by atomic mass is 16.5. The molecule has 1 aromatic carbocycles. The van der Waals surface area contributed by atoms with E-state index in [9.17, 15) is 0 Å². The molecule has 1 saturated heterocycles. The van der Waals surface area contributed by atoms with E-state index in [0.29, 0.717) is 0 Å². The van der Waals surface area contributed by atoms with Gasteiger partial charge in [0.2, 0.25) is 5.89 Å². The molecule has 1 fully saturated rings. The van der Waals surface area contributed by atoms with Crippen LogP contribution in [-0.4, -0.2) is 43.7 Å². The van der Waals surface area contributed by atoms with Gasteiger partial charge in [-0.15, -0.1) is 0 Å². The summed E-state index contributed by atoms with van der Waals surface area (Å²) in [6.45, 7) is 4.19. The van der Waals surface area contributed by atoms with Crippen molar-refractivity contribution in [2.24, 2.45) is 5.92 Å². The molecule has 2 aromatic rings. The van der Waals surface area contributed by atoms with E-state index in [4.69, 9.17) is 9.15 Å². The van der Waals surface area contributed by atoms with E-state index in [1.807, 2.05) is 37.5 Å². The third kappa shape index (κ3) is 4.36. The number of nitrogens with one attached hydrogen (secondary N) is 1. The Morgan fingerprint density at radius 2 is 2.00 bits per heavy atom. The highest BCUT2D eigenvalue weighted by Crippen LogP contribution is 2.25. The van der Waals surface area contributed by atoms with Crippen molar-refractivity contribution in [2.75, 3.05) is 33.8 Å². The minimum atomic E-state index is 0.800. The fourth-order valence-electron chi connectivity index (χ4n) is 3.25. The highest BCUT2D eigenvalue weighted by molar-refractivity contribution is 5.57. The number of rotatable bonds is 7. The van der Waals surface area contributed by atoms with Crippen molar-refractivity contribution in [2.45, 2.75) is 25.8 Å². The molecule has 0 unspecified atom stereocenters. The maximum atomic E-state index is 5.93. The molecule has 2 heterocycles. The molecule has 5 nitrogen and oxygen atoms in total. The van der Waals surface area contributed by atoms with Crippen molar-refractivity contribution in [1.82, 2.24) is 15.2 Å². The van der Waals surface area contributed by atoms with Crippen molar-refractivity contribution in [3.63, 3.8) is 0 Å². The molecule has 0 bridgehead atoms. The van der Waals surface area contributed by atoms with Crippen LogP contribution in [0.2, 0.25) is 0 Å². The average molecular weight is 329 g/mol. The summed E-state index contributed by atoms with van der Waals surface area (Å²) in [4.78, 5) is 6.89. The number of hydrogen-bond acceptors (Lipinski definition) is 5. The Kier molecular flexibility index (Phi) is 5.88. The second-order valence-electron chi connectivity index (χ2n) is 6.46. The van der Waals surface area contributed by atoms with Gasteiger partial charge in [-0.05, 0) is 76.1 Å². The van der Waals surface area contributed by atoms with Gasteiger partial charge in [-0.25, -0.2) is 4.98 Å². The maximum absolute atomic E-state index is 5.93. The molecule has 1 N–H and O–H groups in total. The van der Waals surface area contributed by atoms with Crippen LogP contribution in [0, 0.1) is 5.92 Å². The molecule has 0 aliphatic carbocycles. The summed E-state index contributed by atoms with van der Waals surface area (Å²) in [5, 5.41) is 3.25. The molecule has 3 rings (SSSR count). The van der Waals surface area contributed by atoms with E-state index in [0.717, 1.165) is 55.1 Å². The molecule has 24 heavy (non-hydrogen) atoms. The zero-order valence-corrected chi connectivity index (χ0v) is 14.6. The number of aromatic nitrogens is 1. The molecular formula is C19H27N3O2. The number of oxazole rings is 1. The summed E-state index contributed by atoms with van der Waals surface area (Å²) >= 11 is 0. The average Bonchev–Trinajstić information content (AvgIpc) is 3.10. The lowest BCUT2D eigenvalue weighted by atomic mass is 9.93. The molecular weight excluding hydrogens is 302 g/mol. The minimum Gasteiger partial charge on any atom is -0.497 e. The van der Waals surface area contributed by atoms with Gasteiger partial charge in [-0.3, -0.25) is 4.90 Å². The van der Waals surface area contributed by atoms with Crippen molar-refractivity contribution in [3.8, 4) is 17.1 Å². The van der Waals surface area contributed by atoms with E-state index in [2.05, 4.69) is 15.2 Å². The Labute approximate surface area is 144 Å². The number of ether oxygens (including phenoxy) is 1. The van der Waals surface area contributed by atoms with Crippen molar-refractivity contribution >= 4 is 0 Å². The largest absolute Gasteiger partial charge is 0.497 e. The van der Waals surface area contributed by atoms with Gasteiger partial charge in [-0.1, -0.05) is 0 Å². The lowest BCUT2D eigenvalue weighted by Gasteiger charge is -2.31.